The van der Waals surface area contributed by atoms with E-state index in [1.54, 1.807) is 23.2 Å². The number of hydrogen-bond donors (Lipinski definition) is 0. The third-order valence-corrected chi connectivity index (χ3v) is 5.96. The van der Waals surface area contributed by atoms with Gasteiger partial charge in [-0.2, -0.15) is 0 Å². The SMILES string of the molecule is Cc1ccc(C(=O)N2CCC(F)(F)C3(CCN(Cc4ccccn4)C3)C2)cn1. The summed E-state index contributed by atoms with van der Waals surface area (Å²) in [5.74, 6) is -3.00. The van der Waals surface area contributed by atoms with Crippen LogP contribution in [0.25, 0.3) is 0 Å². The largest absolute Gasteiger partial charge is 0.338 e. The number of rotatable bonds is 3. The van der Waals surface area contributed by atoms with Crippen LogP contribution < -0.4 is 0 Å². The van der Waals surface area contributed by atoms with Gasteiger partial charge in [0.2, 0.25) is 0 Å². The molecule has 1 spiro atoms. The van der Waals surface area contributed by atoms with Gasteiger partial charge in [0.15, 0.2) is 0 Å². The minimum Gasteiger partial charge on any atom is -0.338 e. The number of halogens is 2. The highest BCUT2D eigenvalue weighted by atomic mass is 19.3. The number of pyridine rings is 2. The van der Waals surface area contributed by atoms with Crippen LogP contribution in [0.15, 0.2) is 42.7 Å². The summed E-state index contributed by atoms with van der Waals surface area (Å²) in [4.78, 5) is 24.9. The van der Waals surface area contributed by atoms with Crippen molar-refractivity contribution in [2.24, 2.45) is 5.41 Å². The summed E-state index contributed by atoms with van der Waals surface area (Å²) in [5, 5.41) is 0. The van der Waals surface area contributed by atoms with Crippen molar-refractivity contribution >= 4 is 5.91 Å². The zero-order valence-corrected chi connectivity index (χ0v) is 15.9. The van der Waals surface area contributed by atoms with Crippen LogP contribution in [-0.4, -0.2) is 57.8 Å². The molecule has 4 heterocycles. The predicted molar refractivity (Wildman–Crippen MR) is 101 cm³/mol. The van der Waals surface area contributed by atoms with Crippen LogP contribution in [0.2, 0.25) is 0 Å². The zero-order chi connectivity index (χ0) is 19.8. The summed E-state index contributed by atoms with van der Waals surface area (Å²) < 4.78 is 30.0. The number of aromatic nitrogens is 2. The van der Waals surface area contributed by atoms with Crippen molar-refractivity contribution < 1.29 is 13.6 Å². The first kappa shape index (κ1) is 18.9. The average Bonchev–Trinajstić information content (AvgIpc) is 3.09. The van der Waals surface area contributed by atoms with Crippen LogP contribution in [0.5, 0.6) is 0 Å². The fraction of sp³-hybridized carbons (Fsp3) is 0.476. The highest BCUT2D eigenvalue weighted by Gasteiger charge is 2.59. The molecule has 4 rings (SSSR count). The molecule has 0 N–H and O–H groups in total. The normalized spacial score (nSPS) is 24.6. The number of amides is 1. The van der Waals surface area contributed by atoms with Crippen LogP contribution in [0, 0.1) is 12.3 Å². The van der Waals surface area contributed by atoms with Gasteiger partial charge in [-0.15, -0.1) is 0 Å². The number of hydrogen-bond acceptors (Lipinski definition) is 4. The number of aryl methyl sites for hydroxylation is 1. The predicted octanol–water partition coefficient (Wildman–Crippen LogP) is 3.16. The van der Waals surface area contributed by atoms with Gasteiger partial charge >= 0.3 is 0 Å². The van der Waals surface area contributed by atoms with Crippen LogP contribution in [0.4, 0.5) is 8.78 Å². The van der Waals surface area contributed by atoms with E-state index in [4.69, 9.17) is 0 Å². The molecule has 0 saturated carbocycles. The molecular formula is C21H24F2N4O. The maximum Gasteiger partial charge on any atom is 0.258 e. The Labute approximate surface area is 163 Å². The van der Waals surface area contributed by atoms with E-state index < -0.39 is 11.3 Å². The maximum absolute atomic E-state index is 15.0. The lowest BCUT2D eigenvalue weighted by molar-refractivity contribution is -0.155. The molecular weight excluding hydrogens is 362 g/mol. The Balaban J connectivity index is 1.50. The van der Waals surface area contributed by atoms with E-state index in [0.29, 0.717) is 25.1 Å². The molecule has 7 heteroatoms. The van der Waals surface area contributed by atoms with Gasteiger partial charge in [-0.1, -0.05) is 6.07 Å². The molecule has 0 bridgehead atoms. The van der Waals surface area contributed by atoms with E-state index in [9.17, 15) is 13.6 Å². The molecule has 2 saturated heterocycles. The van der Waals surface area contributed by atoms with Gasteiger partial charge in [0.05, 0.1) is 16.7 Å². The highest BCUT2D eigenvalue weighted by Crippen LogP contribution is 2.49. The van der Waals surface area contributed by atoms with Crippen LogP contribution in [0.3, 0.4) is 0 Å². The number of nitrogens with zero attached hydrogens (tertiary/aromatic N) is 4. The lowest BCUT2D eigenvalue weighted by Crippen LogP contribution is -2.58. The Morgan fingerprint density at radius 1 is 1.11 bits per heavy atom. The van der Waals surface area contributed by atoms with E-state index in [0.717, 1.165) is 11.4 Å². The molecule has 28 heavy (non-hydrogen) atoms. The van der Waals surface area contributed by atoms with Crippen LogP contribution >= 0.6 is 0 Å². The third-order valence-electron chi connectivity index (χ3n) is 5.96. The first-order valence-electron chi connectivity index (χ1n) is 9.61. The van der Waals surface area contributed by atoms with Gasteiger partial charge in [-0.05, 0) is 44.2 Å². The Kier molecular flexibility index (Phi) is 4.87. The van der Waals surface area contributed by atoms with Gasteiger partial charge in [-0.25, -0.2) is 8.78 Å². The second-order valence-corrected chi connectivity index (χ2v) is 7.93. The number of likely N-dealkylation sites (tertiary alicyclic amines) is 2. The molecule has 0 aliphatic carbocycles. The van der Waals surface area contributed by atoms with Crippen molar-refractivity contribution in [2.75, 3.05) is 26.2 Å². The molecule has 5 nitrogen and oxygen atoms in total. The Morgan fingerprint density at radius 2 is 1.96 bits per heavy atom. The molecule has 148 valence electrons. The molecule has 1 unspecified atom stereocenters. The van der Waals surface area contributed by atoms with E-state index in [2.05, 4.69) is 9.97 Å². The molecule has 2 aliphatic rings. The Morgan fingerprint density at radius 3 is 2.68 bits per heavy atom. The van der Waals surface area contributed by atoms with E-state index >= 15 is 0 Å². The van der Waals surface area contributed by atoms with Crippen molar-refractivity contribution in [3.05, 3.63) is 59.7 Å². The number of piperidine rings is 1. The summed E-state index contributed by atoms with van der Waals surface area (Å²) in [5.41, 5.74) is 0.944. The summed E-state index contributed by atoms with van der Waals surface area (Å²) >= 11 is 0. The van der Waals surface area contributed by atoms with Crippen molar-refractivity contribution in [1.82, 2.24) is 19.8 Å². The van der Waals surface area contributed by atoms with Gasteiger partial charge in [0.25, 0.3) is 11.8 Å². The minimum atomic E-state index is -2.78. The first-order valence-corrected chi connectivity index (χ1v) is 9.61. The van der Waals surface area contributed by atoms with E-state index in [-0.39, 0.29) is 32.0 Å². The third kappa shape index (κ3) is 3.51. The maximum atomic E-state index is 15.0. The summed E-state index contributed by atoms with van der Waals surface area (Å²) in [6.07, 6.45) is 3.32. The Hall–Kier alpha value is -2.41. The number of carbonyl (C=O) groups excluding carboxylic acids is 1. The molecule has 1 atom stereocenters. The summed E-state index contributed by atoms with van der Waals surface area (Å²) in [6.45, 7) is 3.40. The fourth-order valence-corrected chi connectivity index (χ4v) is 4.29. The Bertz CT molecular complexity index is 843. The number of alkyl halides is 2. The second-order valence-electron chi connectivity index (χ2n) is 7.93. The summed E-state index contributed by atoms with van der Waals surface area (Å²) in [6, 6.07) is 9.13. The van der Waals surface area contributed by atoms with Crippen molar-refractivity contribution in [1.29, 1.82) is 0 Å². The quantitative estimate of drug-likeness (QED) is 0.813. The molecule has 2 aromatic rings. The first-order chi connectivity index (χ1) is 13.4. The molecule has 2 aliphatic heterocycles. The van der Waals surface area contributed by atoms with Crippen molar-refractivity contribution in [2.45, 2.75) is 32.2 Å². The lowest BCUT2D eigenvalue weighted by Gasteiger charge is -2.46. The van der Waals surface area contributed by atoms with Crippen molar-refractivity contribution in [3.8, 4) is 0 Å². The minimum absolute atomic E-state index is 0.0711. The zero-order valence-electron chi connectivity index (χ0n) is 15.9. The molecule has 0 aromatic carbocycles. The van der Waals surface area contributed by atoms with Crippen LogP contribution in [0.1, 0.15) is 34.6 Å². The highest BCUT2D eigenvalue weighted by molar-refractivity contribution is 5.94. The average molecular weight is 386 g/mol. The standard InChI is InChI=1S/C21H24F2N4O/c1-16-5-6-17(12-25-16)19(28)27-11-8-21(22,23)20(15-27)7-10-26(14-20)13-18-4-2-3-9-24-18/h2-6,9,12H,7-8,10-11,13-15H2,1H3. The fourth-order valence-electron chi connectivity index (χ4n) is 4.29. The van der Waals surface area contributed by atoms with Crippen molar-refractivity contribution in [3.63, 3.8) is 0 Å². The van der Waals surface area contributed by atoms with Gasteiger partial charge in [0, 0.05) is 50.7 Å². The molecule has 1 amide bonds. The van der Waals surface area contributed by atoms with Crippen LogP contribution in [-0.2, 0) is 6.54 Å². The molecule has 0 radical (unpaired) electrons. The lowest BCUT2D eigenvalue weighted by atomic mass is 9.75. The second kappa shape index (κ2) is 7.20. The van der Waals surface area contributed by atoms with Gasteiger partial charge < -0.3 is 4.90 Å². The molecule has 2 fully saturated rings. The van der Waals surface area contributed by atoms with Gasteiger partial charge in [-0.3, -0.25) is 19.7 Å². The number of carbonyl (C=O) groups is 1. The van der Waals surface area contributed by atoms with Gasteiger partial charge in [0.1, 0.15) is 0 Å². The summed E-state index contributed by atoms with van der Waals surface area (Å²) in [7, 11) is 0. The topological polar surface area (TPSA) is 49.3 Å². The monoisotopic (exact) mass is 386 g/mol. The van der Waals surface area contributed by atoms with E-state index in [1.165, 1.54) is 6.20 Å². The van der Waals surface area contributed by atoms with E-state index in [1.807, 2.05) is 30.0 Å². The molecule has 2 aromatic heterocycles. The smallest absolute Gasteiger partial charge is 0.258 e.